The van der Waals surface area contributed by atoms with Gasteiger partial charge in [0.25, 0.3) is 0 Å². The lowest BCUT2D eigenvalue weighted by molar-refractivity contribution is 0.376. The fourth-order valence-electron chi connectivity index (χ4n) is 1.76. The number of thioether (sulfide) groups is 1. The van der Waals surface area contributed by atoms with Crippen molar-refractivity contribution in [3.63, 3.8) is 0 Å². The van der Waals surface area contributed by atoms with Crippen LogP contribution in [0.1, 0.15) is 61.7 Å². The van der Waals surface area contributed by atoms with Gasteiger partial charge in [0.15, 0.2) is 5.82 Å². The second-order valence-electron chi connectivity index (χ2n) is 5.23. The van der Waals surface area contributed by atoms with Crippen molar-refractivity contribution in [2.75, 3.05) is 0 Å². The molecule has 20 heavy (non-hydrogen) atoms. The standard InChI is InChI=1S/C13H20N4O2S/c1-7(2)6-11-15-16-13(18-11)9(4)20-8(3)12-14-10(5)17-19-12/h7-9H,6H2,1-5H3/t8-,9+/m0/s1. The van der Waals surface area contributed by atoms with Gasteiger partial charge in [0.1, 0.15) is 0 Å². The molecule has 2 heterocycles. The quantitative estimate of drug-likeness (QED) is 0.807. The van der Waals surface area contributed by atoms with Crippen LogP contribution in [-0.2, 0) is 6.42 Å². The van der Waals surface area contributed by atoms with Crippen LogP contribution in [0.25, 0.3) is 0 Å². The number of hydrogen-bond donors (Lipinski definition) is 0. The minimum absolute atomic E-state index is 0.0885. The van der Waals surface area contributed by atoms with E-state index in [0.717, 1.165) is 6.42 Å². The topological polar surface area (TPSA) is 77.8 Å². The fourth-order valence-corrected chi connectivity index (χ4v) is 2.80. The van der Waals surface area contributed by atoms with Crippen LogP contribution in [0.2, 0.25) is 0 Å². The predicted octanol–water partition coefficient (Wildman–Crippen LogP) is 3.51. The van der Waals surface area contributed by atoms with Crippen molar-refractivity contribution in [2.45, 2.75) is 51.5 Å². The summed E-state index contributed by atoms with van der Waals surface area (Å²) in [6, 6.07) is 0. The SMILES string of the molecule is Cc1noc([C@H](C)S[C@H](C)c2nnc(CC(C)C)o2)n1. The molecule has 2 aromatic rings. The summed E-state index contributed by atoms with van der Waals surface area (Å²) in [7, 11) is 0. The van der Waals surface area contributed by atoms with Gasteiger partial charge in [0.05, 0.1) is 10.5 Å². The first-order valence-corrected chi connectivity index (χ1v) is 7.68. The van der Waals surface area contributed by atoms with E-state index in [-0.39, 0.29) is 10.5 Å². The van der Waals surface area contributed by atoms with Crippen LogP contribution in [0.4, 0.5) is 0 Å². The number of aromatic nitrogens is 4. The van der Waals surface area contributed by atoms with Crippen molar-refractivity contribution < 1.29 is 8.94 Å². The van der Waals surface area contributed by atoms with E-state index in [1.165, 1.54) is 0 Å². The van der Waals surface area contributed by atoms with Crippen molar-refractivity contribution in [3.8, 4) is 0 Å². The molecule has 110 valence electrons. The van der Waals surface area contributed by atoms with Gasteiger partial charge in [-0.3, -0.25) is 0 Å². The zero-order valence-corrected chi connectivity index (χ0v) is 13.3. The average molecular weight is 296 g/mol. The van der Waals surface area contributed by atoms with Crippen LogP contribution in [0.5, 0.6) is 0 Å². The highest BCUT2D eigenvalue weighted by molar-refractivity contribution is 7.99. The zero-order valence-electron chi connectivity index (χ0n) is 12.5. The Bertz CT molecular complexity index is 552. The average Bonchev–Trinajstić information content (AvgIpc) is 2.97. The van der Waals surface area contributed by atoms with Gasteiger partial charge in [0, 0.05) is 6.42 Å². The Kier molecular flexibility index (Phi) is 4.80. The third kappa shape index (κ3) is 3.82. The fraction of sp³-hybridized carbons (Fsp3) is 0.692. The molecule has 0 bridgehead atoms. The normalized spacial score (nSPS) is 14.7. The second-order valence-corrected chi connectivity index (χ2v) is 6.92. The van der Waals surface area contributed by atoms with Crippen LogP contribution >= 0.6 is 11.8 Å². The minimum Gasteiger partial charge on any atom is -0.424 e. The van der Waals surface area contributed by atoms with Gasteiger partial charge >= 0.3 is 0 Å². The highest BCUT2D eigenvalue weighted by Crippen LogP contribution is 2.38. The van der Waals surface area contributed by atoms with E-state index in [1.54, 1.807) is 11.8 Å². The molecule has 0 saturated heterocycles. The lowest BCUT2D eigenvalue weighted by Gasteiger charge is -2.10. The summed E-state index contributed by atoms with van der Waals surface area (Å²) >= 11 is 1.66. The molecule has 0 radical (unpaired) electrons. The summed E-state index contributed by atoms with van der Waals surface area (Å²) in [5, 5.41) is 12.2. The summed E-state index contributed by atoms with van der Waals surface area (Å²) in [6.07, 6.45) is 0.808. The molecule has 0 aromatic carbocycles. The Morgan fingerprint density at radius 1 is 1.05 bits per heavy atom. The molecule has 0 aliphatic rings. The molecule has 2 atom stereocenters. The van der Waals surface area contributed by atoms with E-state index < -0.39 is 0 Å². The third-order valence-corrected chi connectivity index (χ3v) is 3.93. The first kappa shape index (κ1) is 15.0. The maximum Gasteiger partial charge on any atom is 0.239 e. The molecular weight excluding hydrogens is 276 g/mol. The molecule has 0 unspecified atom stereocenters. The van der Waals surface area contributed by atoms with Gasteiger partial charge in [-0.05, 0) is 26.7 Å². The molecule has 7 heteroatoms. The Balaban J connectivity index is 1.97. The molecule has 0 saturated carbocycles. The predicted molar refractivity (Wildman–Crippen MR) is 76.3 cm³/mol. The lowest BCUT2D eigenvalue weighted by atomic mass is 10.1. The largest absolute Gasteiger partial charge is 0.424 e. The molecule has 0 N–H and O–H groups in total. The minimum atomic E-state index is 0.0885. The second kappa shape index (κ2) is 6.39. The Hall–Kier alpha value is -1.37. The summed E-state index contributed by atoms with van der Waals surface area (Å²) in [5.41, 5.74) is 0. The molecule has 2 aromatic heterocycles. The van der Waals surface area contributed by atoms with Gasteiger partial charge in [-0.15, -0.1) is 22.0 Å². The number of aryl methyl sites for hydroxylation is 1. The maximum absolute atomic E-state index is 5.69. The van der Waals surface area contributed by atoms with Crippen molar-refractivity contribution in [2.24, 2.45) is 5.92 Å². The van der Waals surface area contributed by atoms with Crippen LogP contribution in [0, 0.1) is 12.8 Å². The van der Waals surface area contributed by atoms with E-state index in [4.69, 9.17) is 8.94 Å². The van der Waals surface area contributed by atoms with Gasteiger partial charge < -0.3 is 8.94 Å². The number of rotatable bonds is 6. The smallest absolute Gasteiger partial charge is 0.239 e. The first-order chi connectivity index (χ1) is 9.45. The molecule has 0 aliphatic carbocycles. The molecule has 6 nitrogen and oxygen atoms in total. The van der Waals surface area contributed by atoms with Crippen LogP contribution in [0.3, 0.4) is 0 Å². The highest BCUT2D eigenvalue weighted by atomic mass is 32.2. The Morgan fingerprint density at radius 3 is 2.35 bits per heavy atom. The number of hydrogen-bond acceptors (Lipinski definition) is 7. The van der Waals surface area contributed by atoms with E-state index in [0.29, 0.717) is 29.4 Å². The van der Waals surface area contributed by atoms with E-state index in [9.17, 15) is 0 Å². The summed E-state index contributed by atoms with van der Waals surface area (Å²) in [6.45, 7) is 10.1. The van der Waals surface area contributed by atoms with E-state index in [2.05, 4.69) is 34.2 Å². The first-order valence-electron chi connectivity index (χ1n) is 6.73. The van der Waals surface area contributed by atoms with E-state index in [1.807, 2.05) is 20.8 Å². The van der Waals surface area contributed by atoms with Crippen molar-refractivity contribution in [1.82, 2.24) is 20.3 Å². The van der Waals surface area contributed by atoms with E-state index >= 15 is 0 Å². The summed E-state index contributed by atoms with van der Waals surface area (Å²) < 4.78 is 10.9. The molecule has 0 spiro atoms. The third-order valence-electron chi connectivity index (χ3n) is 2.71. The molecule has 0 aliphatic heterocycles. The molecule has 0 fully saturated rings. The number of nitrogens with zero attached hydrogens (tertiary/aromatic N) is 4. The van der Waals surface area contributed by atoms with Crippen LogP contribution in [0.15, 0.2) is 8.94 Å². The highest BCUT2D eigenvalue weighted by Gasteiger charge is 2.21. The zero-order chi connectivity index (χ0) is 14.7. The van der Waals surface area contributed by atoms with Crippen LogP contribution < -0.4 is 0 Å². The monoisotopic (exact) mass is 296 g/mol. The Labute approximate surface area is 122 Å². The van der Waals surface area contributed by atoms with Crippen LogP contribution in [-0.4, -0.2) is 20.3 Å². The lowest BCUT2D eigenvalue weighted by Crippen LogP contribution is -1.95. The summed E-state index contributed by atoms with van der Waals surface area (Å²) in [5.74, 6) is 3.13. The van der Waals surface area contributed by atoms with Crippen molar-refractivity contribution >= 4 is 11.8 Å². The molecule has 2 rings (SSSR count). The van der Waals surface area contributed by atoms with Gasteiger partial charge in [0.2, 0.25) is 17.7 Å². The Morgan fingerprint density at radius 2 is 1.75 bits per heavy atom. The van der Waals surface area contributed by atoms with Crippen molar-refractivity contribution in [3.05, 3.63) is 23.5 Å². The van der Waals surface area contributed by atoms with Gasteiger partial charge in [-0.2, -0.15) is 4.98 Å². The molecule has 0 amide bonds. The maximum atomic E-state index is 5.69. The van der Waals surface area contributed by atoms with Gasteiger partial charge in [-0.1, -0.05) is 19.0 Å². The summed E-state index contributed by atoms with van der Waals surface area (Å²) in [4.78, 5) is 4.24. The molecular formula is C13H20N4O2S. The van der Waals surface area contributed by atoms with Crippen molar-refractivity contribution in [1.29, 1.82) is 0 Å². The van der Waals surface area contributed by atoms with Gasteiger partial charge in [-0.25, -0.2) is 0 Å².